The van der Waals surface area contributed by atoms with Crippen molar-refractivity contribution in [2.24, 2.45) is 0 Å². The van der Waals surface area contributed by atoms with Gasteiger partial charge in [0.15, 0.2) is 0 Å². The molecule has 0 aliphatic rings. The van der Waals surface area contributed by atoms with Gasteiger partial charge in [0.25, 0.3) is 5.91 Å². The second-order valence-electron chi connectivity index (χ2n) is 3.71. The number of rotatable bonds is 2. The van der Waals surface area contributed by atoms with Gasteiger partial charge in [-0.15, -0.1) is 0 Å². The smallest absolute Gasteiger partial charge is 0.258 e. The van der Waals surface area contributed by atoms with E-state index in [2.05, 4.69) is 10.3 Å². The van der Waals surface area contributed by atoms with Gasteiger partial charge in [0.05, 0.1) is 16.9 Å². The third-order valence-corrected chi connectivity index (χ3v) is 2.66. The number of nitrogens with zero attached hydrogens (tertiary/aromatic N) is 1. The average molecular weight is 265 g/mol. The van der Waals surface area contributed by atoms with Gasteiger partial charge in [0, 0.05) is 11.2 Å². The van der Waals surface area contributed by atoms with Crippen LogP contribution in [0.2, 0.25) is 5.02 Å². The Hall–Kier alpha value is -1.94. The van der Waals surface area contributed by atoms with Gasteiger partial charge in [0.2, 0.25) is 0 Å². The molecule has 0 radical (unpaired) electrons. The molecular formula is C13H10ClFN2O. The number of hydrogen-bond donors (Lipinski definition) is 1. The molecule has 0 aliphatic carbocycles. The van der Waals surface area contributed by atoms with E-state index in [0.717, 1.165) is 6.07 Å². The number of aromatic nitrogens is 1. The van der Waals surface area contributed by atoms with Gasteiger partial charge in [0.1, 0.15) is 5.82 Å². The van der Waals surface area contributed by atoms with Crippen molar-refractivity contribution in [3.8, 4) is 0 Å². The van der Waals surface area contributed by atoms with Crippen LogP contribution in [0.1, 0.15) is 16.1 Å². The van der Waals surface area contributed by atoms with Crippen LogP contribution in [0.3, 0.4) is 0 Å². The molecule has 0 bridgehead atoms. The molecule has 1 aromatic carbocycles. The largest absolute Gasteiger partial charge is 0.320 e. The lowest BCUT2D eigenvalue weighted by Gasteiger charge is -2.08. The Morgan fingerprint density at radius 1 is 1.39 bits per heavy atom. The molecule has 3 nitrogen and oxygen atoms in total. The quantitative estimate of drug-likeness (QED) is 0.903. The number of carbonyl (C=O) groups is 1. The Balaban J connectivity index is 2.28. The van der Waals surface area contributed by atoms with Crippen molar-refractivity contribution < 1.29 is 9.18 Å². The van der Waals surface area contributed by atoms with Crippen LogP contribution < -0.4 is 5.32 Å². The highest BCUT2D eigenvalue weighted by atomic mass is 35.5. The summed E-state index contributed by atoms with van der Waals surface area (Å²) in [5.74, 6) is -1.16. The van der Waals surface area contributed by atoms with Crippen molar-refractivity contribution in [1.29, 1.82) is 0 Å². The van der Waals surface area contributed by atoms with Gasteiger partial charge in [-0.25, -0.2) is 4.39 Å². The number of hydrogen-bond acceptors (Lipinski definition) is 2. The van der Waals surface area contributed by atoms with E-state index in [1.807, 2.05) is 0 Å². The predicted molar refractivity (Wildman–Crippen MR) is 68.3 cm³/mol. The third kappa shape index (κ3) is 2.65. The summed E-state index contributed by atoms with van der Waals surface area (Å²) in [6, 6.07) is 7.23. The second-order valence-corrected chi connectivity index (χ2v) is 4.15. The Bertz CT molecular complexity index is 601. The maximum absolute atomic E-state index is 13.5. The molecule has 2 rings (SSSR count). The zero-order chi connectivity index (χ0) is 13.1. The van der Waals surface area contributed by atoms with Crippen LogP contribution in [0, 0.1) is 12.7 Å². The zero-order valence-electron chi connectivity index (χ0n) is 9.58. The lowest BCUT2D eigenvalue weighted by atomic mass is 10.2. The van der Waals surface area contributed by atoms with Crippen LogP contribution in [0.4, 0.5) is 10.1 Å². The molecule has 1 aromatic heterocycles. The lowest BCUT2D eigenvalue weighted by Crippen LogP contribution is -2.14. The van der Waals surface area contributed by atoms with Crippen molar-refractivity contribution in [1.82, 2.24) is 4.98 Å². The molecule has 0 atom stereocenters. The molecule has 0 fully saturated rings. The monoisotopic (exact) mass is 264 g/mol. The topological polar surface area (TPSA) is 42.0 Å². The second kappa shape index (κ2) is 5.14. The molecular weight excluding hydrogens is 255 g/mol. The van der Waals surface area contributed by atoms with Gasteiger partial charge < -0.3 is 5.32 Å². The normalized spacial score (nSPS) is 10.2. The van der Waals surface area contributed by atoms with Crippen LogP contribution in [0.15, 0.2) is 36.5 Å². The van der Waals surface area contributed by atoms with Gasteiger partial charge in [-0.05, 0) is 37.3 Å². The Labute approximate surface area is 109 Å². The van der Waals surface area contributed by atoms with E-state index < -0.39 is 11.7 Å². The minimum atomic E-state index is -0.613. The molecule has 5 heteroatoms. The van der Waals surface area contributed by atoms with E-state index in [9.17, 15) is 9.18 Å². The molecule has 0 saturated heterocycles. The summed E-state index contributed by atoms with van der Waals surface area (Å²) in [5.41, 5.74) is 1.11. The van der Waals surface area contributed by atoms with Crippen LogP contribution in [0.25, 0.3) is 0 Å². The molecule has 0 unspecified atom stereocenters. The number of aryl methyl sites for hydroxylation is 1. The minimum Gasteiger partial charge on any atom is -0.320 e. The van der Waals surface area contributed by atoms with E-state index >= 15 is 0 Å². The van der Waals surface area contributed by atoms with Crippen LogP contribution in [0.5, 0.6) is 0 Å². The molecule has 0 aliphatic heterocycles. The first-order valence-electron chi connectivity index (χ1n) is 5.26. The van der Waals surface area contributed by atoms with Crippen LogP contribution in [-0.2, 0) is 0 Å². The standard InChI is InChI=1S/C13H10ClFN2O/c1-8-12(3-2-6-16-8)17-13(18)10-7-9(14)4-5-11(10)15/h2-7H,1H3,(H,17,18). The SMILES string of the molecule is Cc1ncccc1NC(=O)c1cc(Cl)ccc1F. The Morgan fingerprint density at radius 2 is 2.17 bits per heavy atom. The highest BCUT2D eigenvalue weighted by Crippen LogP contribution is 2.17. The first kappa shape index (κ1) is 12.5. The first-order valence-corrected chi connectivity index (χ1v) is 5.64. The fourth-order valence-electron chi connectivity index (χ4n) is 1.48. The average Bonchev–Trinajstić information content (AvgIpc) is 2.35. The van der Waals surface area contributed by atoms with E-state index in [4.69, 9.17) is 11.6 Å². The molecule has 18 heavy (non-hydrogen) atoms. The first-order chi connectivity index (χ1) is 8.58. The summed E-state index contributed by atoms with van der Waals surface area (Å²) < 4.78 is 13.5. The summed E-state index contributed by atoms with van der Waals surface area (Å²) in [5, 5.41) is 2.90. The molecule has 2 aromatic rings. The summed E-state index contributed by atoms with van der Waals surface area (Å²) in [6.07, 6.45) is 1.62. The number of amides is 1. The Kier molecular flexibility index (Phi) is 3.58. The molecule has 92 valence electrons. The number of anilines is 1. The van der Waals surface area contributed by atoms with Crippen molar-refractivity contribution in [2.45, 2.75) is 6.92 Å². The summed E-state index contributed by atoms with van der Waals surface area (Å²) in [7, 11) is 0. The lowest BCUT2D eigenvalue weighted by molar-refractivity contribution is 0.102. The maximum Gasteiger partial charge on any atom is 0.258 e. The highest BCUT2D eigenvalue weighted by Gasteiger charge is 2.13. The maximum atomic E-state index is 13.5. The van der Waals surface area contributed by atoms with E-state index in [1.165, 1.54) is 12.1 Å². The van der Waals surface area contributed by atoms with Crippen molar-refractivity contribution in [3.05, 3.63) is 58.6 Å². The fourth-order valence-corrected chi connectivity index (χ4v) is 1.65. The molecule has 1 amide bonds. The number of carbonyl (C=O) groups excluding carboxylic acids is 1. The Morgan fingerprint density at radius 3 is 2.89 bits per heavy atom. The minimum absolute atomic E-state index is 0.0919. The van der Waals surface area contributed by atoms with Crippen molar-refractivity contribution in [2.75, 3.05) is 5.32 Å². The van der Waals surface area contributed by atoms with Crippen molar-refractivity contribution >= 4 is 23.2 Å². The number of nitrogens with one attached hydrogen (secondary N) is 1. The summed E-state index contributed by atoms with van der Waals surface area (Å²) in [4.78, 5) is 15.9. The van der Waals surface area contributed by atoms with Crippen LogP contribution >= 0.6 is 11.6 Å². The molecule has 1 N–H and O–H groups in total. The van der Waals surface area contributed by atoms with E-state index in [1.54, 1.807) is 25.3 Å². The molecule has 0 saturated carbocycles. The van der Waals surface area contributed by atoms with E-state index in [0.29, 0.717) is 16.4 Å². The third-order valence-electron chi connectivity index (χ3n) is 2.43. The predicted octanol–water partition coefficient (Wildman–Crippen LogP) is 3.43. The van der Waals surface area contributed by atoms with Gasteiger partial charge in [-0.1, -0.05) is 11.6 Å². The van der Waals surface area contributed by atoms with Gasteiger partial charge in [-0.2, -0.15) is 0 Å². The summed E-state index contributed by atoms with van der Waals surface area (Å²) >= 11 is 5.74. The van der Waals surface area contributed by atoms with E-state index in [-0.39, 0.29) is 5.56 Å². The zero-order valence-corrected chi connectivity index (χ0v) is 10.3. The highest BCUT2D eigenvalue weighted by molar-refractivity contribution is 6.31. The van der Waals surface area contributed by atoms with Gasteiger partial charge in [-0.3, -0.25) is 9.78 Å². The van der Waals surface area contributed by atoms with Crippen molar-refractivity contribution in [3.63, 3.8) is 0 Å². The molecule has 1 heterocycles. The fraction of sp³-hybridized carbons (Fsp3) is 0.0769. The number of halogens is 2. The van der Waals surface area contributed by atoms with Gasteiger partial charge >= 0.3 is 0 Å². The number of benzene rings is 1. The number of pyridine rings is 1. The van der Waals surface area contributed by atoms with Crippen LogP contribution in [-0.4, -0.2) is 10.9 Å². The summed E-state index contributed by atoms with van der Waals surface area (Å²) in [6.45, 7) is 1.75. The molecule has 0 spiro atoms.